The molecule has 0 spiro atoms. The van der Waals surface area contributed by atoms with E-state index in [1.54, 1.807) is 13.2 Å². The Hall–Kier alpha value is -0.463. The number of rotatable bonds is 9. The average Bonchev–Trinajstić information content (AvgIpc) is 2.38. The van der Waals surface area contributed by atoms with E-state index in [2.05, 4.69) is 33.9 Å². The molecule has 0 saturated heterocycles. The minimum absolute atomic E-state index is 0.153. The molecule has 0 saturated carbocycles. The molecular weight excluding hydrogens is 284 g/mol. The van der Waals surface area contributed by atoms with Crippen LogP contribution in [0.15, 0.2) is 24.3 Å². The average molecular weight is 317 g/mol. The highest BCUT2D eigenvalue weighted by molar-refractivity contribution is 6.74. The Balaban J connectivity index is 4.39. The highest BCUT2D eigenvalue weighted by Crippen LogP contribution is 2.36. The first-order chi connectivity index (χ1) is 9.65. The van der Waals surface area contributed by atoms with Crippen molar-refractivity contribution in [1.29, 1.82) is 0 Å². The molecule has 0 aromatic rings. The van der Waals surface area contributed by atoms with Crippen molar-refractivity contribution in [2.45, 2.75) is 58.0 Å². The predicted octanol–water partition coefficient (Wildman–Crippen LogP) is 3.49. The van der Waals surface area contributed by atoms with Crippen molar-refractivity contribution in [1.82, 2.24) is 0 Å². The van der Waals surface area contributed by atoms with Gasteiger partial charge in [-0.15, -0.1) is 0 Å². The van der Waals surface area contributed by atoms with Gasteiger partial charge in [0.1, 0.15) is 19.0 Å². The molecule has 0 radical (unpaired) electrons. The summed E-state index contributed by atoms with van der Waals surface area (Å²) in [5.74, 6) is 0. The zero-order valence-corrected chi connectivity index (χ0v) is 15.6. The van der Waals surface area contributed by atoms with Crippen molar-refractivity contribution in [2.24, 2.45) is 0 Å². The van der Waals surface area contributed by atoms with Crippen molar-refractivity contribution in [3.63, 3.8) is 0 Å². The molecule has 0 aliphatic heterocycles. The first-order valence-corrected chi connectivity index (χ1v) is 10.3. The van der Waals surface area contributed by atoms with Crippen LogP contribution in [0.25, 0.3) is 0 Å². The number of hydrogen-bond donors (Lipinski definition) is 1. The third kappa shape index (κ3) is 7.92. The van der Waals surface area contributed by atoms with Crippen LogP contribution in [0, 0.1) is 0 Å². The van der Waals surface area contributed by atoms with Crippen LogP contribution in [0.5, 0.6) is 0 Å². The first kappa shape index (κ1) is 20.5. The molecule has 0 bridgehead atoms. The van der Waals surface area contributed by atoms with E-state index in [9.17, 15) is 5.11 Å². The Morgan fingerprint density at radius 2 is 1.81 bits per heavy atom. The van der Waals surface area contributed by atoms with Crippen molar-refractivity contribution in [3.05, 3.63) is 24.3 Å². The zero-order valence-electron chi connectivity index (χ0n) is 14.6. The molecule has 0 aromatic carbocycles. The van der Waals surface area contributed by atoms with Gasteiger partial charge in [-0.05, 0) is 25.1 Å². The normalized spacial score (nSPS) is 16.8. The van der Waals surface area contributed by atoms with Gasteiger partial charge < -0.3 is 19.0 Å². The van der Waals surface area contributed by atoms with Gasteiger partial charge in [-0.25, -0.2) is 0 Å². The SMILES string of the molecule is C/C=C/[C@H](OCOC)[C@H](O)/C=C/CO[Si](C)(C)C(C)(C)C. The van der Waals surface area contributed by atoms with Crippen molar-refractivity contribution < 1.29 is 19.0 Å². The molecule has 4 nitrogen and oxygen atoms in total. The molecule has 0 fully saturated rings. The molecule has 0 unspecified atom stereocenters. The number of allylic oxidation sites excluding steroid dienone is 1. The fourth-order valence-corrected chi connectivity index (χ4v) is 2.33. The zero-order chi connectivity index (χ0) is 16.5. The van der Waals surface area contributed by atoms with E-state index in [0.29, 0.717) is 6.61 Å². The third-order valence-corrected chi connectivity index (χ3v) is 8.28. The molecule has 1 N–H and O–H groups in total. The summed E-state index contributed by atoms with van der Waals surface area (Å²) in [6.45, 7) is 13.6. The molecule has 0 aromatic heterocycles. The first-order valence-electron chi connectivity index (χ1n) is 7.37. The monoisotopic (exact) mass is 316 g/mol. The summed E-state index contributed by atoms with van der Waals surface area (Å²) in [5.41, 5.74) is 0. The van der Waals surface area contributed by atoms with E-state index in [4.69, 9.17) is 13.9 Å². The lowest BCUT2D eigenvalue weighted by atomic mass is 10.2. The molecule has 0 rings (SSSR count). The molecular formula is C16H32O4Si. The quantitative estimate of drug-likeness (QED) is 0.402. The minimum atomic E-state index is -1.74. The second-order valence-corrected chi connectivity index (χ2v) is 11.4. The summed E-state index contributed by atoms with van der Waals surface area (Å²) in [6.07, 6.45) is 6.12. The molecule has 0 aliphatic rings. The van der Waals surface area contributed by atoms with Crippen molar-refractivity contribution in [2.75, 3.05) is 20.5 Å². The van der Waals surface area contributed by atoms with E-state index in [0.717, 1.165) is 0 Å². The maximum atomic E-state index is 10.1. The van der Waals surface area contributed by atoms with Crippen LogP contribution in [-0.4, -0.2) is 46.1 Å². The Morgan fingerprint density at radius 3 is 2.29 bits per heavy atom. The van der Waals surface area contributed by atoms with Gasteiger partial charge >= 0.3 is 0 Å². The van der Waals surface area contributed by atoms with Gasteiger partial charge in [-0.3, -0.25) is 0 Å². The van der Waals surface area contributed by atoms with Crippen LogP contribution < -0.4 is 0 Å². The second kappa shape index (κ2) is 9.53. The number of aliphatic hydroxyl groups excluding tert-OH is 1. The van der Waals surface area contributed by atoms with Gasteiger partial charge in [-0.1, -0.05) is 45.1 Å². The van der Waals surface area contributed by atoms with Crippen LogP contribution >= 0.6 is 0 Å². The fraction of sp³-hybridized carbons (Fsp3) is 0.750. The third-order valence-electron chi connectivity index (χ3n) is 3.78. The summed E-state index contributed by atoms with van der Waals surface area (Å²) < 4.78 is 16.3. The summed E-state index contributed by atoms with van der Waals surface area (Å²) in [7, 11) is -0.181. The second-order valence-electron chi connectivity index (χ2n) is 6.55. The van der Waals surface area contributed by atoms with Gasteiger partial charge in [0.2, 0.25) is 0 Å². The number of aliphatic hydroxyl groups is 1. The Bertz CT molecular complexity index is 332. The van der Waals surface area contributed by atoms with Crippen LogP contribution in [0.4, 0.5) is 0 Å². The highest BCUT2D eigenvalue weighted by atomic mass is 28.4. The van der Waals surface area contributed by atoms with Gasteiger partial charge in [0.25, 0.3) is 0 Å². The summed E-state index contributed by atoms with van der Waals surface area (Å²) in [4.78, 5) is 0. The smallest absolute Gasteiger partial charge is 0.192 e. The summed E-state index contributed by atoms with van der Waals surface area (Å²) in [5, 5.41) is 10.3. The lowest BCUT2D eigenvalue weighted by Gasteiger charge is -2.35. The standard InChI is InChI=1S/C16H32O4Si/c1-8-10-15(19-13-18-5)14(17)11-9-12-20-21(6,7)16(2,3)4/h8-11,14-15,17H,12-13H2,1-7H3/b10-8+,11-9+/t14-,15+/m1/s1. The molecule has 21 heavy (non-hydrogen) atoms. The van der Waals surface area contributed by atoms with E-state index >= 15 is 0 Å². The largest absolute Gasteiger partial charge is 0.413 e. The Kier molecular flexibility index (Phi) is 9.32. The van der Waals surface area contributed by atoms with Crippen LogP contribution in [-0.2, 0) is 13.9 Å². The molecule has 5 heteroatoms. The maximum Gasteiger partial charge on any atom is 0.192 e. The van der Waals surface area contributed by atoms with Gasteiger partial charge in [0.05, 0.1) is 6.61 Å². The highest BCUT2D eigenvalue weighted by Gasteiger charge is 2.36. The fourth-order valence-electron chi connectivity index (χ4n) is 1.38. The van der Waals surface area contributed by atoms with Crippen molar-refractivity contribution >= 4 is 8.32 Å². The van der Waals surface area contributed by atoms with E-state index in [1.807, 2.05) is 25.2 Å². The van der Waals surface area contributed by atoms with Crippen LogP contribution in [0.1, 0.15) is 27.7 Å². The van der Waals surface area contributed by atoms with Crippen LogP contribution in [0.3, 0.4) is 0 Å². The predicted molar refractivity (Wildman–Crippen MR) is 89.9 cm³/mol. The topological polar surface area (TPSA) is 47.9 Å². The van der Waals surface area contributed by atoms with Gasteiger partial charge in [0, 0.05) is 7.11 Å². The minimum Gasteiger partial charge on any atom is -0.413 e. The number of ether oxygens (including phenoxy) is 2. The van der Waals surface area contributed by atoms with Gasteiger partial charge in [-0.2, -0.15) is 0 Å². The molecule has 0 heterocycles. The van der Waals surface area contributed by atoms with E-state index < -0.39 is 20.5 Å². The molecule has 0 amide bonds. The number of hydrogen-bond acceptors (Lipinski definition) is 4. The Morgan fingerprint density at radius 1 is 1.19 bits per heavy atom. The maximum absolute atomic E-state index is 10.1. The van der Waals surface area contributed by atoms with E-state index in [1.165, 1.54) is 0 Å². The molecule has 2 atom stereocenters. The molecule has 0 aliphatic carbocycles. The lowest BCUT2D eigenvalue weighted by Crippen LogP contribution is -2.40. The van der Waals surface area contributed by atoms with Crippen LogP contribution in [0.2, 0.25) is 18.1 Å². The van der Waals surface area contributed by atoms with E-state index in [-0.39, 0.29) is 11.8 Å². The Labute approximate surface area is 130 Å². The van der Waals surface area contributed by atoms with Crippen molar-refractivity contribution in [3.8, 4) is 0 Å². The lowest BCUT2D eigenvalue weighted by molar-refractivity contribution is -0.0833. The van der Waals surface area contributed by atoms with Gasteiger partial charge in [0.15, 0.2) is 8.32 Å². The number of methoxy groups -OCH3 is 1. The summed E-state index contributed by atoms with van der Waals surface area (Å²) >= 11 is 0. The molecule has 124 valence electrons. The summed E-state index contributed by atoms with van der Waals surface area (Å²) in [6, 6.07) is 0.